The van der Waals surface area contributed by atoms with Gasteiger partial charge in [-0.05, 0) is 44.9 Å². The highest BCUT2D eigenvalue weighted by Gasteiger charge is 2.43. The Balaban J connectivity index is 2.08. The van der Waals surface area contributed by atoms with E-state index in [0.717, 1.165) is 12.5 Å². The van der Waals surface area contributed by atoms with Crippen LogP contribution in [-0.2, 0) is 0 Å². The molecule has 100 valence electrons. The lowest BCUT2D eigenvalue weighted by molar-refractivity contribution is 0.00584. The van der Waals surface area contributed by atoms with E-state index < -0.39 is 0 Å². The predicted molar refractivity (Wildman–Crippen MR) is 74.3 cm³/mol. The highest BCUT2D eigenvalue weighted by molar-refractivity contribution is 5.03. The van der Waals surface area contributed by atoms with Crippen molar-refractivity contribution in [3.63, 3.8) is 0 Å². The van der Waals surface area contributed by atoms with Crippen molar-refractivity contribution < 1.29 is 0 Å². The largest absolute Gasteiger partial charge is 0.308 e. The molecule has 0 aromatic carbocycles. The lowest BCUT2D eigenvalue weighted by Gasteiger charge is -2.53. The van der Waals surface area contributed by atoms with Crippen molar-refractivity contribution in [1.82, 2.24) is 10.2 Å². The molecule has 0 radical (unpaired) electrons. The summed E-state index contributed by atoms with van der Waals surface area (Å²) in [4.78, 5) is 2.80. The van der Waals surface area contributed by atoms with Crippen LogP contribution in [0.1, 0.15) is 59.8 Å². The summed E-state index contributed by atoms with van der Waals surface area (Å²) in [7, 11) is 0. The molecule has 0 amide bonds. The van der Waals surface area contributed by atoms with Crippen LogP contribution in [0.3, 0.4) is 0 Å². The third-order valence-electron chi connectivity index (χ3n) is 5.39. The third kappa shape index (κ3) is 2.68. The van der Waals surface area contributed by atoms with Crippen molar-refractivity contribution in [3.05, 3.63) is 0 Å². The summed E-state index contributed by atoms with van der Waals surface area (Å²) >= 11 is 0. The topological polar surface area (TPSA) is 15.3 Å². The SMILES string of the molecule is CCC1(CC)CN(CC2CC2)C(C)(CC)CN1. The molecule has 2 aliphatic rings. The van der Waals surface area contributed by atoms with Crippen LogP contribution in [0.15, 0.2) is 0 Å². The molecule has 2 rings (SSSR count). The molecule has 2 fully saturated rings. The van der Waals surface area contributed by atoms with E-state index in [9.17, 15) is 0 Å². The van der Waals surface area contributed by atoms with Gasteiger partial charge >= 0.3 is 0 Å². The van der Waals surface area contributed by atoms with Gasteiger partial charge < -0.3 is 5.32 Å². The molecule has 1 saturated carbocycles. The van der Waals surface area contributed by atoms with Gasteiger partial charge in [0.1, 0.15) is 0 Å². The number of nitrogens with zero attached hydrogens (tertiary/aromatic N) is 1. The first-order chi connectivity index (χ1) is 8.07. The highest BCUT2D eigenvalue weighted by atomic mass is 15.3. The average molecular weight is 238 g/mol. The quantitative estimate of drug-likeness (QED) is 0.792. The second-order valence-electron chi connectivity index (χ2n) is 6.52. The lowest BCUT2D eigenvalue weighted by atomic mass is 9.83. The van der Waals surface area contributed by atoms with Crippen LogP contribution >= 0.6 is 0 Å². The molecule has 2 nitrogen and oxygen atoms in total. The maximum atomic E-state index is 3.86. The van der Waals surface area contributed by atoms with Crippen molar-refractivity contribution in [3.8, 4) is 0 Å². The van der Waals surface area contributed by atoms with Crippen LogP contribution < -0.4 is 5.32 Å². The van der Waals surface area contributed by atoms with Gasteiger partial charge in [0.25, 0.3) is 0 Å². The summed E-state index contributed by atoms with van der Waals surface area (Å²) < 4.78 is 0. The van der Waals surface area contributed by atoms with Crippen LogP contribution in [0.25, 0.3) is 0 Å². The van der Waals surface area contributed by atoms with Gasteiger partial charge in [-0.1, -0.05) is 20.8 Å². The van der Waals surface area contributed by atoms with Gasteiger partial charge in [-0.15, -0.1) is 0 Å². The van der Waals surface area contributed by atoms with E-state index in [4.69, 9.17) is 0 Å². The minimum Gasteiger partial charge on any atom is -0.308 e. The number of rotatable bonds is 5. The fourth-order valence-electron chi connectivity index (χ4n) is 3.07. The van der Waals surface area contributed by atoms with Crippen LogP contribution in [0.2, 0.25) is 0 Å². The second kappa shape index (κ2) is 4.89. The Morgan fingerprint density at radius 3 is 2.24 bits per heavy atom. The number of piperazine rings is 1. The smallest absolute Gasteiger partial charge is 0.0304 e. The summed E-state index contributed by atoms with van der Waals surface area (Å²) in [6, 6.07) is 0. The van der Waals surface area contributed by atoms with Gasteiger partial charge in [0.05, 0.1) is 0 Å². The first kappa shape index (κ1) is 13.4. The maximum absolute atomic E-state index is 3.86. The molecular formula is C15H30N2. The molecule has 0 aromatic heterocycles. The van der Waals surface area contributed by atoms with Crippen LogP contribution in [0.4, 0.5) is 0 Å². The maximum Gasteiger partial charge on any atom is 0.0304 e. The molecule has 1 aliphatic carbocycles. The molecule has 0 aromatic rings. The minimum atomic E-state index is 0.379. The lowest BCUT2D eigenvalue weighted by Crippen LogP contribution is -2.68. The van der Waals surface area contributed by atoms with Crippen LogP contribution in [-0.4, -0.2) is 35.6 Å². The molecular weight excluding hydrogens is 208 g/mol. The average Bonchev–Trinajstić information content (AvgIpc) is 3.16. The zero-order valence-corrected chi connectivity index (χ0v) is 12.2. The van der Waals surface area contributed by atoms with Crippen molar-refractivity contribution in [1.29, 1.82) is 0 Å². The Hall–Kier alpha value is -0.0800. The molecule has 1 atom stereocenters. The standard InChI is InChI=1S/C15H30N2/c1-5-14(4)11-16-15(6-2,7-3)12-17(14)10-13-8-9-13/h13,16H,5-12H2,1-4H3. The summed E-state index contributed by atoms with van der Waals surface area (Å²) in [5, 5.41) is 3.86. The Bertz CT molecular complexity index is 256. The van der Waals surface area contributed by atoms with E-state index in [1.165, 1.54) is 45.2 Å². The predicted octanol–water partition coefficient (Wildman–Crippen LogP) is 3.03. The molecule has 2 heteroatoms. The molecule has 1 heterocycles. The van der Waals surface area contributed by atoms with Crippen molar-refractivity contribution in [2.75, 3.05) is 19.6 Å². The molecule has 1 N–H and O–H groups in total. The van der Waals surface area contributed by atoms with Crippen molar-refractivity contribution >= 4 is 0 Å². The first-order valence-corrected chi connectivity index (χ1v) is 7.57. The first-order valence-electron chi connectivity index (χ1n) is 7.57. The van der Waals surface area contributed by atoms with E-state index in [-0.39, 0.29) is 0 Å². The van der Waals surface area contributed by atoms with Gasteiger partial charge in [-0.3, -0.25) is 4.90 Å². The zero-order valence-electron chi connectivity index (χ0n) is 12.2. The summed E-state index contributed by atoms with van der Waals surface area (Å²) in [6.45, 7) is 13.2. The number of nitrogens with one attached hydrogen (secondary N) is 1. The number of hydrogen-bond acceptors (Lipinski definition) is 2. The molecule has 1 saturated heterocycles. The Kier molecular flexibility index (Phi) is 3.84. The van der Waals surface area contributed by atoms with E-state index in [1.807, 2.05) is 0 Å². The van der Waals surface area contributed by atoms with Crippen molar-refractivity contribution in [2.45, 2.75) is 70.9 Å². The normalized spacial score (nSPS) is 33.9. The number of hydrogen-bond donors (Lipinski definition) is 1. The Morgan fingerprint density at radius 2 is 1.76 bits per heavy atom. The fourth-order valence-corrected chi connectivity index (χ4v) is 3.07. The summed E-state index contributed by atoms with van der Waals surface area (Å²) in [6.07, 6.45) is 6.70. The second-order valence-corrected chi connectivity index (χ2v) is 6.52. The van der Waals surface area contributed by atoms with Gasteiger partial charge in [0.2, 0.25) is 0 Å². The van der Waals surface area contributed by atoms with E-state index in [0.29, 0.717) is 11.1 Å². The molecule has 0 spiro atoms. The van der Waals surface area contributed by atoms with Gasteiger partial charge in [0, 0.05) is 30.7 Å². The summed E-state index contributed by atoms with van der Waals surface area (Å²) in [5.41, 5.74) is 0.764. The summed E-state index contributed by atoms with van der Waals surface area (Å²) in [5.74, 6) is 1.00. The molecule has 0 bridgehead atoms. The Morgan fingerprint density at radius 1 is 1.12 bits per heavy atom. The molecule has 17 heavy (non-hydrogen) atoms. The van der Waals surface area contributed by atoms with Gasteiger partial charge in [0.15, 0.2) is 0 Å². The minimum absolute atomic E-state index is 0.379. The van der Waals surface area contributed by atoms with Crippen LogP contribution in [0.5, 0.6) is 0 Å². The zero-order chi connectivity index (χ0) is 12.5. The van der Waals surface area contributed by atoms with Crippen molar-refractivity contribution in [2.24, 2.45) is 5.92 Å². The van der Waals surface area contributed by atoms with Crippen LogP contribution in [0, 0.1) is 5.92 Å². The van der Waals surface area contributed by atoms with E-state index in [1.54, 1.807) is 0 Å². The van der Waals surface area contributed by atoms with E-state index in [2.05, 4.69) is 37.9 Å². The van der Waals surface area contributed by atoms with Gasteiger partial charge in [-0.2, -0.15) is 0 Å². The van der Waals surface area contributed by atoms with E-state index >= 15 is 0 Å². The molecule has 1 unspecified atom stereocenters. The molecule has 1 aliphatic heterocycles. The Labute approximate surface area is 107 Å². The third-order valence-corrected chi connectivity index (χ3v) is 5.39. The highest BCUT2D eigenvalue weighted by Crippen LogP contribution is 2.36. The van der Waals surface area contributed by atoms with Gasteiger partial charge in [-0.25, -0.2) is 0 Å². The monoisotopic (exact) mass is 238 g/mol. The fraction of sp³-hybridized carbons (Fsp3) is 1.00.